The van der Waals surface area contributed by atoms with E-state index >= 15 is 0 Å². The minimum Gasteiger partial charge on any atom is -0.478 e. The molecule has 0 aliphatic carbocycles. The van der Waals surface area contributed by atoms with Gasteiger partial charge in [-0.1, -0.05) is 0 Å². The number of imidazole rings is 1. The number of aromatic nitrogens is 2. The molecule has 1 aromatic heterocycles. The lowest BCUT2D eigenvalue weighted by Crippen LogP contribution is -2.01. The highest BCUT2D eigenvalue weighted by atomic mass is 19.1. The van der Waals surface area contributed by atoms with Crippen molar-refractivity contribution in [3.8, 4) is 5.69 Å². The van der Waals surface area contributed by atoms with Crippen LogP contribution in [0.2, 0.25) is 0 Å². The highest BCUT2D eigenvalue weighted by Crippen LogP contribution is 2.22. The van der Waals surface area contributed by atoms with Gasteiger partial charge in [-0.2, -0.15) is 0 Å². The normalized spacial score (nSPS) is 10.9. The van der Waals surface area contributed by atoms with Crippen LogP contribution in [0.3, 0.4) is 0 Å². The van der Waals surface area contributed by atoms with Crippen molar-refractivity contribution in [2.75, 3.05) is 0 Å². The zero-order valence-corrected chi connectivity index (χ0v) is 10.0. The predicted molar refractivity (Wildman–Crippen MR) is 67.9 cm³/mol. The Morgan fingerprint density at radius 3 is 2.50 bits per heavy atom. The molecule has 1 N–H and O–H groups in total. The summed E-state index contributed by atoms with van der Waals surface area (Å²) in [5, 5.41) is 8.94. The molecule has 0 bridgehead atoms. The molecule has 3 rings (SSSR count). The molecule has 4 nitrogen and oxygen atoms in total. The van der Waals surface area contributed by atoms with Crippen LogP contribution in [-0.4, -0.2) is 20.6 Å². The topological polar surface area (TPSA) is 55.1 Å². The fraction of sp³-hybridized carbons (Fsp3) is 0. The molecule has 3 aromatic rings. The van der Waals surface area contributed by atoms with E-state index in [1.165, 1.54) is 36.7 Å². The van der Waals surface area contributed by atoms with Gasteiger partial charge in [0.25, 0.3) is 0 Å². The van der Waals surface area contributed by atoms with Crippen LogP contribution in [-0.2, 0) is 0 Å². The summed E-state index contributed by atoms with van der Waals surface area (Å²) in [6.45, 7) is 0. The Bertz CT molecular complexity index is 810. The SMILES string of the molecule is O=C(O)c1cc2c(cc1F)ncn2-c1ccc(F)cc1. The van der Waals surface area contributed by atoms with Crippen LogP contribution in [0.15, 0.2) is 42.7 Å². The largest absolute Gasteiger partial charge is 0.478 e. The quantitative estimate of drug-likeness (QED) is 0.781. The summed E-state index contributed by atoms with van der Waals surface area (Å²) in [7, 11) is 0. The number of aromatic carboxylic acids is 1. The summed E-state index contributed by atoms with van der Waals surface area (Å²) in [5.74, 6) is -2.57. The van der Waals surface area contributed by atoms with Gasteiger partial charge in [0.1, 0.15) is 18.0 Å². The van der Waals surface area contributed by atoms with Crippen molar-refractivity contribution in [2.45, 2.75) is 0 Å². The maximum absolute atomic E-state index is 13.6. The van der Waals surface area contributed by atoms with Crippen LogP contribution < -0.4 is 0 Å². The molecular formula is C14H8F2N2O2. The molecule has 0 saturated heterocycles. The van der Waals surface area contributed by atoms with Crippen LogP contribution >= 0.6 is 0 Å². The molecule has 2 aromatic carbocycles. The first-order chi connectivity index (χ1) is 9.56. The van der Waals surface area contributed by atoms with Crippen LogP contribution in [0.4, 0.5) is 8.78 Å². The molecule has 1 heterocycles. The highest BCUT2D eigenvalue weighted by Gasteiger charge is 2.15. The third-order valence-electron chi connectivity index (χ3n) is 2.97. The number of rotatable bonds is 2. The highest BCUT2D eigenvalue weighted by molar-refractivity contribution is 5.93. The molecular weight excluding hydrogens is 266 g/mol. The van der Waals surface area contributed by atoms with E-state index in [0.717, 1.165) is 6.07 Å². The van der Waals surface area contributed by atoms with Crippen LogP contribution in [0.25, 0.3) is 16.7 Å². The number of hydrogen-bond donors (Lipinski definition) is 1. The van der Waals surface area contributed by atoms with Gasteiger partial charge in [0.15, 0.2) is 0 Å². The van der Waals surface area contributed by atoms with Crippen molar-refractivity contribution in [1.82, 2.24) is 9.55 Å². The first kappa shape index (κ1) is 12.3. The first-order valence-corrected chi connectivity index (χ1v) is 5.72. The van der Waals surface area contributed by atoms with Gasteiger partial charge >= 0.3 is 5.97 Å². The van der Waals surface area contributed by atoms with Gasteiger partial charge in [-0.3, -0.25) is 4.57 Å². The Hall–Kier alpha value is -2.76. The lowest BCUT2D eigenvalue weighted by molar-refractivity contribution is 0.0692. The number of carbonyl (C=O) groups is 1. The Kier molecular flexibility index (Phi) is 2.71. The summed E-state index contributed by atoms with van der Waals surface area (Å²) >= 11 is 0. The van der Waals surface area contributed by atoms with Crippen LogP contribution in [0, 0.1) is 11.6 Å². The van der Waals surface area contributed by atoms with Crippen LogP contribution in [0.1, 0.15) is 10.4 Å². The van der Waals surface area contributed by atoms with Gasteiger partial charge in [-0.05, 0) is 30.3 Å². The number of fused-ring (bicyclic) bond motifs is 1. The molecule has 0 atom stereocenters. The molecule has 0 fully saturated rings. The fourth-order valence-corrected chi connectivity index (χ4v) is 2.00. The number of carboxylic acid groups (broad SMARTS) is 1. The molecule has 0 spiro atoms. The van der Waals surface area contributed by atoms with Crippen molar-refractivity contribution in [2.24, 2.45) is 0 Å². The van der Waals surface area contributed by atoms with Crippen molar-refractivity contribution in [1.29, 1.82) is 0 Å². The number of carboxylic acids is 1. The van der Waals surface area contributed by atoms with E-state index in [0.29, 0.717) is 16.7 Å². The van der Waals surface area contributed by atoms with Crippen molar-refractivity contribution in [3.63, 3.8) is 0 Å². The molecule has 100 valence electrons. The maximum Gasteiger partial charge on any atom is 0.338 e. The molecule has 0 saturated carbocycles. The van der Waals surface area contributed by atoms with Crippen molar-refractivity contribution >= 4 is 17.0 Å². The zero-order chi connectivity index (χ0) is 14.3. The van der Waals surface area contributed by atoms with Gasteiger partial charge in [0.05, 0.1) is 16.6 Å². The molecule has 20 heavy (non-hydrogen) atoms. The fourth-order valence-electron chi connectivity index (χ4n) is 2.00. The van der Waals surface area contributed by atoms with E-state index in [4.69, 9.17) is 5.11 Å². The number of nitrogens with zero attached hydrogens (tertiary/aromatic N) is 2. The summed E-state index contributed by atoms with van der Waals surface area (Å²) in [6, 6.07) is 7.90. The van der Waals surface area contributed by atoms with Crippen molar-refractivity contribution < 1.29 is 18.7 Å². The number of halogens is 2. The summed E-state index contributed by atoms with van der Waals surface area (Å²) in [6.07, 6.45) is 1.43. The van der Waals surface area contributed by atoms with E-state index in [-0.39, 0.29) is 5.82 Å². The molecule has 6 heteroatoms. The smallest absolute Gasteiger partial charge is 0.338 e. The molecule has 0 unspecified atom stereocenters. The van der Waals surface area contributed by atoms with E-state index in [1.54, 1.807) is 4.57 Å². The lowest BCUT2D eigenvalue weighted by atomic mass is 10.2. The van der Waals surface area contributed by atoms with Gasteiger partial charge < -0.3 is 5.11 Å². The third kappa shape index (κ3) is 1.91. The van der Waals surface area contributed by atoms with E-state index in [1.807, 2.05) is 0 Å². The van der Waals surface area contributed by atoms with Gasteiger partial charge in [0.2, 0.25) is 0 Å². The summed E-state index contributed by atoms with van der Waals surface area (Å²) in [5.41, 5.74) is 0.949. The van der Waals surface area contributed by atoms with Crippen molar-refractivity contribution in [3.05, 3.63) is 59.9 Å². The summed E-state index contributed by atoms with van der Waals surface area (Å²) < 4.78 is 28.0. The second kappa shape index (κ2) is 4.41. The maximum atomic E-state index is 13.6. The lowest BCUT2D eigenvalue weighted by Gasteiger charge is -2.05. The third-order valence-corrected chi connectivity index (χ3v) is 2.97. The van der Waals surface area contributed by atoms with Crippen LogP contribution in [0.5, 0.6) is 0 Å². The first-order valence-electron chi connectivity index (χ1n) is 5.72. The molecule has 0 amide bonds. The molecule has 0 aliphatic rings. The average Bonchev–Trinajstić information content (AvgIpc) is 2.81. The van der Waals surface area contributed by atoms with Gasteiger partial charge in [-0.25, -0.2) is 18.6 Å². The second-order valence-corrected chi connectivity index (χ2v) is 4.22. The van der Waals surface area contributed by atoms with Gasteiger partial charge in [-0.15, -0.1) is 0 Å². The zero-order valence-electron chi connectivity index (χ0n) is 10.0. The Balaban J connectivity index is 2.24. The Labute approximate surface area is 111 Å². The van der Waals surface area contributed by atoms with E-state index in [9.17, 15) is 13.6 Å². The Morgan fingerprint density at radius 2 is 1.85 bits per heavy atom. The number of benzene rings is 2. The van der Waals surface area contributed by atoms with Gasteiger partial charge in [0, 0.05) is 11.8 Å². The average molecular weight is 274 g/mol. The molecule has 0 aliphatic heterocycles. The van der Waals surface area contributed by atoms with E-state index < -0.39 is 17.3 Å². The monoisotopic (exact) mass is 274 g/mol. The molecule has 0 radical (unpaired) electrons. The predicted octanol–water partition coefficient (Wildman–Crippen LogP) is 3.00. The van der Waals surface area contributed by atoms with E-state index in [2.05, 4.69) is 4.98 Å². The second-order valence-electron chi connectivity index (χ2n) is 4.22. The summed E-state index contributed by atoms with van der Waals surface area (Å²) in [4.78, 5) is 15.0. The standard InChI is InChI=1S/C14H8F2N2O2/c15-8-1-3-9(4-2-8)18-7-17-12-6-11(16)10(14(19)20)5-13(12)18/h1-7H,(H,19,20). The minimum absolute atomic E-state index is 0.330. The Morgan fingerprint density at radius 1 is 1.15 bits per heavy atom. The minimum atomic E-state index is -1.35. The number of hydrogen-bond acceptors (Lipinski definition) is 2.